The number of aromatic nitrogens is 2. The van der Waals surface area contributed by atoms with Crippen LogP contribution in [0.5, 0.6) is 0 Å². The summed E-state index contributed by atoms with van der Waals surface area (Å²) in [5, 5.41) is 0. The van der Waals surface area contributed by atoms with Gasteiger partial charge in [0.25, 0.3) is 11.8 Å². The fourth-order valence-corrected chi connectivity index (χ4v) is 4.56. The van der Waals surface area contributed by atoms with Crippen LogP contribution in [0.15, 0.2) is 42.6 Å². The average molecular weight is 389 g/mol. The third-order valence-corrected chi connectivity index (χ3v) is 6.04. The molecule has 29 heavy (non-hydrogen) atoms. The predicted octanol–water partition coefficient (Wildman–Crippen LogP) is 2.30. The molecular formula is C22H23N5O2. The number of nitrogens with two attached hydrogens (primary N) is 1. The van der Waals surface area contributed by atoms with Gasteiger partial charge in [0.1, 0.15) is 0 Å². The molecule has 4 heterocycles. The smallest absolute Gasteiger partial charge is 0.261 e. The lowest BCUT2D eigenvalue weighted by atomic mass is 10.0. The van der Waals surface area contributed by atoms with E-state index in [0.717, 1.165) is 41.8 Å². The Labute approximate surface area is 168 Å². The maximum absolute atomic E-state index is 12.9. The normalized spacial score (nSPS) is 19.3. The van der Waals surface area contributed by atoms with Crippen molar-refractivity contribution >= 4 is 28.5 Å². The number of carbonyl (C=O) groups excluding carboxylic acids is 2. The lowest BCUT2D eigenvalue weighted by molar-refractivity contribution is 0.0570. The first-order chi connectivity index (χ1) is 14.1. The summed E-state index contributed by atoms with van der Waals surface area (Å²) >= 11 is 0. The van der Waals surface area contributed by atoms with E-state index in [1.165, 1.54) is 4.90 Å². The summed E-state index contributed by atoms with van der Waals surface area (Å²) in [5.41, 5.74) is 10.8. The standard InChI is InChI=1S/C22H23N5O2/c1-25-10-8-17-19(25)11-20(18(12-23)24-17)26-9-4-5-14(13-26)27-21(28)15-6-2-3-7-16(15)22(27)29/h2-3,6-8,10-11,14H,4-5,9,12-13,23H2,1H3. The Morgan fingerprint density at radius 3 is 2.55 bits per heavy atom. The van der Waals surface area contributed by atoms with Crippen LogP contribution in [0.25, 0.3) is 11.0 Å². The highest BCUT2D eigenvalue weighted by Crippen LogP contribution is 2.32. The van der Waals surface area contributed by atoms with E-state index in [9.17, 15) is 9.59 Å². The number of pyridine rings is 1. The minimum Gasteiger partial charge on any atom is -0.368 e. The molecule has 1 saturated heterocycles. The molecule has 3 aromatic rings. The van der Waals surface area contributed by atoms with Crippen molar-refractivity contribution in [3.63, 3.8) is 0 Å². The van der Waals surface area contributed by atoms with Gasteiger partial charge in [-0.1, -0.05) is 12.1 Å². The number of rotatable bonds is 3. The molecule has 0 bridgehead atoms. The van der Waals surface area contributed by atoms with Crippen LogP contribution < -0.4 is 10.6 Å². The minimum absolute atomic E-state index is 0.161. The van der Waals surface area contributed by atoms with Crippen LogP contribution in [0.2, 0.25) is 0 Å². The van der Waals surface area contributed by atoms with E-state index >= 15 is 0 Å². The molecular weight excluding hydrogens is 366 g/mol. The third kappa shape index (κ3) is 2.73. The van der Waals surface area contributed by atoms with Gasteiger partial charge in [0, 0.05) is 32.9 Å². The van der Waals surface area contributed by atoms with E-state index in [4.69, 9.17) is 10.7 Å². The first kappa shape index (κ1) is 17.9. The molecule has 2 aromatic heterocycles. The number of imide groups is 1. The SMILES string of the molecule is Cn1ccc2nc(CN)c(N3CCCC(N4C(=O)c5ccccc5C4=O)C3)cc21. The molecule has 2 N–H and O–H groups in total. The van der Waals surface area contributed by atoms with E-state index in [-0.39, 0.29) is 17.9 Å². The summed E-state index contributed by atoms with van der Waals surface area (Å²) in [5.74, 6) is -0.375. The van der Waals surface area contributed by atoms with Crippen LogP contribution in [-0.2, 0) is 13.6 Å². The highest BCUT2D eigenvalue weighted by molar-refractivity contribution is 6.21. The third-order valence-electron chi connectivity index (χ3n) is 6.04. The molecule has 148 valence electrons. The maximum Gasteiger partial charge on any atom is 0.261 e. The highest BCUT2D eigenvalue weighted by atomic mass is 16.2. The molecule has 2 aliphatic rings. The Kier molecular flexibility index (Phi) is 4.13. The molecule has 1 unspecified atom stereocenters. The molecule has 0 radical (unpaired) electrons. The molecule has 1 aromatic carbocycles. The number of benzene rings is 1. The van der Waals surface area contributed by atoms with Gasteiger partial charge in [-0.15, -0.1) is 0 Å². The summed E-state index contributed by atoms with van der Waals surface area (Å²) < 4.78 is 2.04. The van der Waals surface area contributed by atoms with Gasteiger partial charge >= 0.3 is 0 Å². The van der Waals surface area contributed by atoms with Gasteiger partial charge in [0.2, 0.25) is 0 Å². The fraction of sp³-hybridized carbons (Fsp3) is 0.318. The van der Waals surface area contributed by atoms with Crippen molar-refractivity contribution in [2.75, 3.05) is 18.0 Å². The van der Waals surface area contributed by atoms with Gasteiger partial charge in [-0.3, -0.25) is 14.5 Å². The van der Waals surface area contributed by atoms with Crippen LogP contribution in [-0.4, -0.2) is 45.4 Å². The molecule has 5 rings (SSSR count). The van der Waals surface area contributed by atoms with Crippen LogP contribution >= 0.6 is 0 Å². The molecule has 0 spiro atoms. The van der Waals surface area contributed by atoms with E-state index in [1.54, 1.807) is 24.3 Å². The maximum atomic E-state index is 12.9. The number of fused-ring (bicyclic) bond motifs is 2. The zero-order valence-electron chi connectivity index (χ0n) is 16.3. The number of nitrogens with zero attached hydrogens (tertiary/aromatic N) is 4. The molecule has 1 atom stereocenters. The molecule has 7 nitrogen and oxygen atoms in total. The topological polar surface area (TPSA) is 84.5 Å². The second-order valence-electron chi connectivity index (χ2n) is 7.76. The van der Waals surface area contributed by atoms with Crippen molar-refractivity contribution in [2.45, 2.75) is 25.4 Å². The fourth-order valence-electron chi connectivity index (χ4n) is 4.56. The average Bonchev–Trinajstić information content (AvgIpc) is 3.24. The quantitative estimate of drug-likeness (QED) is 0.695. The molecule has 0 saturated carbocycles. The largest absolute Gasteiger partial charge is 0.368 e. The number of hydrogen-bond donors (Lipinski definition) is 1. The summed E-state index contributed by atoms with van der Waals surface area (Å²) in [4.78, 5) is 34.2. The Morgan fingerprint density at radius 2 is 1.86 bits per heavy atom. The lowest BCUT2D eigenvalue weighted by Gasteiger charge is -2.38. The van der Waals surface area contributed by atoms with E-state index < -0.39 is 0 Å². The Balaban J connectivity index is 1.48. The van der Waals surface area contributed by atoms with E-state index in [0.29, 0.717) is 24.2 Å². The van der Waals surface area contributed by atoms with E-state index in [2.05, 4.69) is 11.0 Å². The summed E-state index contributed by atoms with van der Waals surface area (Å²) in [6.45, 7) is 1.79. The summed E-state index contributed by atoms with van der Waals surface area (Å²) in [6, 6.07) is 11.0. The van der Waals surface area contributed by atoms with Gasteiger partial charge in [-0.2, -0.15) is 0 Å². The van der Waals surface area contributed by atoms with Gasteiger partial charge < -0.3 is 15.2 Å². The molecule has 0 aliphatic carbocycles. The first-order valence-electron chi connectivity index (χ1n) is 9.95. The first-order valence-corrected chi connectivity index (χ1v) is 9.95. The van der Waals surface area contributed by atoms with E-state index in [1.807, 2.05) is 23.9 Å². The number of amides is 2. The van der Waals surface area contributed by atoms with Crippen LogP contribution in [0.3, 0.4) is 0 Å². The number of hydrogen-bond acceptors (Lipinski definition) is 5. The number of carbonyl (C=O) groups is 2. The Morgan fingerprint density at radius 1 is 1.14 bits per heavy atom. The highest BCUT2D eigenvalue weighted by Gasteiger charge is 2.41. The van der Waals surface area contributed by atoms with Crippen molar-refractivity contribution in [3.05, 3.63) is 59.4 Å². The number of piperidine rings is 1. The van der Waals surface area contributed by atoms with Gasteiger partial charge in [-0.25, -0.2) is 4.98 Å². The summed E-state index contributed by atoms with van der Waals surface area (Å²) in [7, 11) is 1.99. The monoisotopic (exact) mass is 389 g/mol. The Bertz CT molecular complexity index is 1100. The Hall–Kier alpha value is -3.19. The van der Waals surface area contributed by atoms with Crippen molar-refractivity contribution in [1.29, 1.82) is 0 Å². The van der Waals surface area contributed by atoms with Crippen molar-refractivity contribution < 1.29 is 9.59 Å². The van der Waals surface area contributed by atoms with Crippen molar-refractivity contribution in [3.8, 4) is 0 Å². The minimum atomic E-state index is -0.187. The number of anilines is 1. The molecule has 2 aliphatic heterocycles. The van der Waals surface area contributed by atoms with Crippen molar-refractivity contribution in [1.82, 2.24) is 14.5 Å². The van der Waals surface area contributed by atoms with Crippen LogP contribution in [0.4, 0.5) is 5.69 Å². The number of aryl methyl sites for hydroxylation is 1. The van der Waals surface area contributed by atoms with Crippen molar-refractivity contribution in [2.24, 2.45) is 12.8 Å². The second kappa shape index (κ2) is 6.70. The zero-order valence-corrected chi connectivity index (χ0v) is 16.3. The van der Waals surface area contributed by atoms with Crippen LogP contribution in [0.1, 0.15) is 39.3 Å². The molecule has 7 heteroatoms. The predicted molar refractivity (Wildman–Crippen MR) is 111 cm³/mol. The molecule has 2 amide bonds. The van der Waals surface area contributed by atoms with Gasteiger partial charge in [0.05, 0.1) is 39.6 Å². The summed E-state index contributed by atoms with van der Waals surface area (Å²) in [6.07, 6.45) is 3.69. The van der Waals surface area contributed by atoms with Gasteiger partial charge in [-0.05, 0) is 37.1 Å². The van der Waals surface area contributed by atoms with Crippen LogP contribution in [0, 0.1) is 0 Å². The second-order valence-corrected chi connectivity index (χ2v) is 7.76. The lowest BCUT2D eigenvalue weighted by Crippen LogP contribution is -2.50. The van der Waals surface area contributed by atoms with Gasteiger partial charge in [0.15, 0.2) is 0 Å². The zero-order chi connectivity index (χ0) is 20.1. The molecule has 1 fully saturated rings.